The fourth-order valence-corrected chi connectivity index (χ4v) is 5.70. The Bertz CT molecular complexity index is 1610. The summed E-state index contributed by atoms with van der Waals surface area (Å²) in [5, 5.41) is 44.4. The van der Waals surface area contributed by atoms with Crippen molar-refractivity contribution in [1.29, 1.82) is 0 Å². The van der Waals surface area contributed by atoms with Crippen LogP contribution >= 0.6 is 0 Å². The van der Waals surface area contributed by atoms with Gasteiger partial charge in [-0.1, -0.05) is 63.1 Å². The van der Waals surface area contributed by atoms with Crippen LogP contribution in [-0.2, 0) is 39.0 Å². The number of nitrogens with zero attached hydrogens (tertiary/aromatic N) is 4. The minimum atomic E-state index is 0.0705. The molecule has 0 saturated carbocycles. The summed E-state index contributed by atoms with van der Waals surface area (Å²) < 4.78 is 0. The van der Waals surface area contributed by atoms with Gasteiger partial charge in [-0.3, -0.25) is 20.0 Å². The third-order valence-electron chi connectivity index (χ3n) is 8.47. The first kappa shape index (κ1) is 34.1. The van der Waals surface area contributed by atoms with Gasteiger partial charge in [-0.15, -0.1) is 0 Å². The van der Waals surface area contributed by atoms with Crippen molar-refractivity contribution in [2.75, 3.05) is 0 Å². The molecule has 0 aromatic heterocycles. The van der Waals surface area contributed by atoms with Crippen LogP contribution in [0.4, 0.5) is 0 Å². The molecule has 0 atom stereocenters. The molecule has 4 N–H and O–H groups in total. The molecule has 4 aromatic rings. The van der Waals surface area contributed by atoms with Crippen LogP contribution in [0.3, 0.4) is 0 Å². The lowest BCUT2D eigenvalue weighted by atomic mass is 10.0. The number of phenols is 4. The Hall–Kier alpha value is -5.24. The maximum atomic E-state index is 11.2. The molecule has 248 valence electrons. The third kappa shape index (κ3) is 8.56. The quantitative estimate of drug-likeness (QED) is 0.170. The topological polar surface area (TPSA) is 130 Å². The molecule has 0 fully saturated rings. The second-order valence-corrected chi connectivity index (χ2v) is 12.2. The zero-order valence-electron chi connectivity index (χ0n) is 27.7. The van der Waals surface area contributed by atoms with Gasteiger partial charge in [0, 0.05) is 69.4 Å². The molecule has 0 amide bonds. The van der Waals surface area contributed by atoms with Crippen LogP contribution in [0.1, 0.15) is 95.2 Å². The Morgan fingerprint density at radius 3 is 1.02 bits per heavy atom. The van der Waals surface area contributed by atoms with E-state index in [-0.39, 0.29) is 49.2 Å². The fraction of sp³-hybridized carbons (Fsp3) is 0.300. The van der Waals surface area contributed by atoms with Crippen LogP contribution in [0.2, 0.25) is 0 Å². The number of aryl methyl sites for hydroxylation is 2. The Morgan fingerprint density at radius 2 is 0.750 bits per heavy atom. The second kappa shape index (κ2) is 16.5. The van der Waals surface area contributed by atoms with Gasteiger partial charge in [-0.25, -0.2) is 0 Å². The smallest absolute Gasteiger partial charge is 0.133 e. The van der Waals surface area contributed by atoms with Crippen molar-refractivity contribution >= 4 is 24.9 Å². The number of unbranched alkanes of at least 4 members (excludes halogenated alkanes) is 2. The van der Waals surface area contributed by atoms with E-state index < -0.39 is 0 Å². The van der Waals surface area contributed by atoms with Gasteiger partial charge in [0.2, 0.25) is 0 Å². The highest BCUT2D eigenvalue weighted by molar-refractivity contribution is 5.93. The first-order chi connectivity index (χ1) is 23.4. The van der Waals surface area contributed by atoms with E-state index >= 15 is 0 Å². The number of fused-ring (bicyclic) bond motifs is 8. The van der Waals surface area contributed by atoms with E-state index in [0.717, 1.165) is 49.7 Å². The molecule has 8 bridgehead atoms. The zero-order valence-corrected chi connectivity index (χ0v) is 27.7. The molecule has 5 rings (SSSR count). The molecular formula is C40H44N4O4. The van der Waals surface area contributed by atoms with Crippen molar-refractivity contribution in [3.63, 3.8) is 0 Å². The van der Waals surface area contributed by atoms with Gasteiger partial charge >= 0.3 is 0 Å². The van der Waals surface area contributed by atoms with Gasteiger partial charge in [0.1, 0.15) is 23.0 Å². The largest absolute Gasteiger partial charge is 0.507 e. The van der Waals surface area contributed by atoms with E-state index in [1.807, 2.05) is 60.7 Å². The summed E-state index contributed by atoms with van der Waals surface area (Å²) in [5.41, 5.74) is 6.99. The molecule has 8 heteroatoms. The average molecular weight is 645 g/mol. The van der Waals surface area contributed by atoms with Crippen LogP contribution in [0.5, 0.6) is 23.0 Å². The van der Waals surface area contributed by atoms with Gasteiger partial charge in [-0.2, -0.15) is 0 Å². The molecule has 1 aliphatic rings. The summed E-state index contributed by atoms with van der Waals surface area (Å²) in [6.07, 6.45) is 12.3. The van der Waals surface area contributed by atoms with Crippen molar-refractivity contribution in [3.8, 4) is 23.0 Å². The molecule has 1 aliphatic heterocycles. The molecule has 8 nitrogen and oxygen atoms in total. The lowest BCUT2D eigenvalue weighted by molar-refractivity contribution is 0.461. The SMILES string of the molecule is CCCCc1cc2c(O)c(c1)C=NCc1cccc(c1O)CN=Cc1cc(CCCC)cc(c1O)C=NCc1cccc(c1O)CN=C2. The monoisotopic (exact) mass is 644 g/mol. The summed E-state index contributed by atoms with van der Waals surface area (Å²) in [5.74, 6) is 0.382. The van der Waals surface area contributed by atoms with Crippen molar-refractivity contribution in [1.82, 2.24) is 0 Å². The fourth-order valence-electron chi connectivity index (χ4n) is 5.70. The Balaban J connectivity index is 1.55. The van der Waals surface area contributed by atoms with Crippen molar-refractivity contribution in [3.05, 3.63) is 116 Å². The Labute approximate surface area is 282 Å². The van der Waals surface area contributed by atoms with E-state index in [4.69, 9.17) is 0 Å². The lowest BCUT2D eigenvalue weighted by Gasteiger charge is -2.10. The number of aliphatic imine (C=N–C) groups is 4. The van der Waals surface area contributed by atoms with Crippen molar-refractivity contribution < 1.29 is 20.4 Å². The van der Waals surface area contributed by atoms with Crippen LogP contribution in [0.25, 0.3) is 0 Å². The van der Waals surface area contributed by atoms with Crippen molar-refractivity contribution in [2.24, 2.45) is 20.0 Å². The molecule has 0 radical (unpaired) electrons. The van der Waals surface area contributed by atoms with E-state index in [0.29, 0.717) is 44.5 Å². The van der Waals surface area contributed by atoms with Gasteiger partial charge < -0.3 is 20.4 Å². The highest BCUT2D eigenvalue weighted by Gasteiger charge is 2.12. The molecule has 0 saturated heterocycles. The van der Waals surface area contributed by atoms with Gasteiger partial charge in [0.05, 0.1) is 26.2 Å². The van der Waals surface area contributed by atoms with E-state index in [1.165, 1.54) is 0 Å². The first-order valence-electron chi connectivity index (χ1n) is 16.7. The molecule has 0 aliphatic carbocycles. The number of para-hydroxylation sites is 2. The molecule has 4 aromatic carbocycles. The Morgan fingerprint density at radius 1 is 0.458 bits per heavy atom. The average Bonchev–Trinajstić information content (AvgIpc) is 3.08. The number of rotatable bonds is 6. The number of hydrogen-bond acceptors (Lipinski definition) is 8. The molecule has 1 heterocycles. The predicted octanol–water partition coefficient (Wildman–Crippen LogP) is 7.98. The predicted molar refractivity (Wildman–Crippen MR) is 195 cm³/mol. The minimum Gasteiger partial charge on any atom is -0.507 e. The molecule has 48 heavy (non-hydrogen) atoms. The second-order valence-electron chi connectivity index (χ2n) is 12.2. The molecule has 0 unspecified atom stereocenters. The van der Waals surface area contributed by atoms with Gasteiger partial charge in [0.15, 0.2) is 0 Å². The maximum absolute atomic E-state index is 11.2. The molecular weight excluding hydrogens is 600 g/mol. The number of benzene rings is 4. The summed E-state index contributed by atoms with van der Waals surface area (Å²) in [7, 11) is 0. The lowest BCUT2D eigenvalue weighted by Crippen LogP contribution is -1.97. The summed E-state index contributed by atoms with van der Waals surface area (Å²) in [6, 6.07) is 18.8. The number of hydrogen-bond donors (Lipinski definition) is 4. The van der Waals surface area contributed by atoms with E-state index in [1.54, 1.807) is 24.9 Å². The summed E-state index contributed by atoms with van der Waals surface area (Å²) >= 11 is 0. The molecule has 0 spiro atoms. The van der Waals surface area contributed by atoms with Crippen LogP contribution < -0.4 is 0 Å². The maximum Gasteiger partial charge on any atom is 0.133 e. The van der Waals surface area contributed by atoms with E-state index in [2.05, 4.69) is 33.8 Å². The number of phenolic OH excluding ortho intramolecular Hbond substituents is 4. The summed E-state index contributed by atoms with van der Waals surface area (Å²) in [6.45, 7) is 5.13. The highest BCUT2D eigenvalue weighted by atomic mass is 16.3. The zero-order chi connectivity index (χ0) is 33.9. The third-order valence-corrected chi connectivity index (χ3v) is 8.47. The van der Waals surface area contributed by atoms with Crippen LogP contribution in [0, 0.1) is 0 Å². The summed E-state index contributed by atoms with van der Waals surface area (Å²) in [4.78, 5) is 18.3. The van der Waals surface area contributed by atoms with Gasteiger partial charge in [0.25, 0.3) is 0 Å². The van der Waals surface area contributed by atoms with E-state index in [9.17, 15) is 20.4 Å². The van der Waals surface area contributed by atoms with Gasteiger partial charge in [-0.05, 0) is 61.1 Å². The van der Waals surface area contributed by atoms with Crippen LogP contribution in [0.15, 0.2) is 80.6 Å². The highest BCUT2D eigenvalue weighted by Crippen LogP contribution is 2.29. The standard InChI is InChI=1S/C40H44N4O4/c1-3-5-9-27-15-33-23-41-19-29-11-7-13-31(37(29)45)21-43-25-35-17-28(10-6-4-2)18-36(40(35)48)26-44-22-32-14-8-12-30(38(32)46)20-42-24-34(16-27)39(33)47/h7-8,11-18,23-26,45-48H,3-6,9-10,19-22H2,1-2H3. The minimum absolute atomic E-state index is 0.0705. The normalized spacial score (nSPS) is 13.4. The van der Waals surface area contributed by atoms with Crippen LogP contribution in [-0.4, -0.2) is 45.3 Å². The Kier molecular flexibility index (Phi) is 11.8. The first-order valence-corrected chi connectivity index (χ1v) is 16.7. The van der Waals surface area contributed by atoms with Crippen molar-refractivity contribution in [2.45, 2.75) is 78.6 Å². The number of aromatic hydroxyl groups is 4.